The number of aliphatic hydroxyl groups is 2. The van der Waals surface area contributed by atoms with Crippen molar-refractivity contribution < 1.29 is 41.7 Å². The number of aliphatic hydroxyl groups excluding tert-OH is 2. The van der Waals surface area contributed by atoms with Gasteiger partial charge in [0, 0.05) is 12.3 Å². The molecule has 146 valence electrons. The maximum Gasteiger partial charge on any atom is 0.463 e. The molecule has 4 N–H and O–H groups in total. The number of alkyl halides is 5. The number of halogens is 5. The van der Waals surface area contributed by atoms with Crippen LogP contribution in [0.25, 0.3) is 0 Å². The molecule has 14 heteroatoms. The molecule has 1 saturated heterocycles. The van der Waals surface area contributed by atoms with E-state index in [0.29, 0.717) is 4.57 Å². The monoisotopic (exact) mass is 389 g/mol. The quantitative estimate of drug-likeness (QED) is 0.462. The van der Waals surface area contributed by atoms with Crippen LogP contribution in [0.3, 0.4) is 0 Å². The van der Waals surface area contributed by atoms with Crippen LogP contribution in [0.4, 0.5) is 22.0 Å². The van der Waals surface area contributed by atoms with Crippen molar-refractivity contribution in [3.63, 3.8) is 0 Å². The summed E-state index contributed by atoms with van der Waals surface area (Å²) >= 11 is 0. The summed E-state index contributed by atoms with van der Waals surface area (Å²) < 4.78 is 68.7. The Morgan fingerprint density at radius 1 is 1.31 bits per heavy atom. The van der Waals surface area contributed by atoms with Gasteiger partial charge < -0.3 is 20.3 Å². The van der Waals surface area contributed by atoms with Crippen LogP contribution < -0.4 is 16.6 Å². The van der Waals surface area contributed by atoms with Gasteiger partial charge in [0.1, 0.15) is 18.2 Å². The molecule has 26 heavy (non-hydrogen) atoms. The molecule has 1 aromatic heterocycles. The van der Waals surface area contributed by atoms with Gasteiger partial charge in [-0.2, -0.15) is 22.0 Å². The number of nitrogens with one attached hydrogen (secondary N) is 2. The van der Waals surface area contributed by atoms with E-state index in [2.05, 4.69) is 0 Å². The fourth-order valence-electron chi connectivity index (χ4n) is 2.29. The molecule has 9 nitrogen and oxygen atoms in total. The van der Waals surface area contributed by atoms with E-state index < -0.39 is 60.3 Å². The van der Waals surface area contributed by atoms with Crippen molar-refractivity contribution in [1.29, 1.82) is 0 Å². The minimum atomic E-state index is -6.19. The largest absolute Gasteiger partial charge is 0.463 e. The van der Waals surface area contributed by atoms with Crippen molar-refractivity contribution in [2.24, 2.45) is 0 Å². The molecule has 0 radical (unpaired) electrons. The molecule has 1 aliphatic heterocycles. The van der Waals surface area contributed by atoms with E-state index in [1.165, 1.54) is 5.32 Å². The summed E-state index contributed by atoms with van der Waals surface area (Å²) in [7, 11) is 0. The maximum absolute atomic E-state index is 13.1. The number of rotatable bonds is 4. The summed E-state index contributed by atoms with van der Waals surface area (Å²) in [6, 6.07) is -1.14. The summed E-state index contributed by atoms with van der Waals surface area (Å²) in [4.78, 5) is 36.0. The molecule has 1 unspecified atom stereocenters. The number of hydrogen-bond donors (Lipinski definition) is 4. The van der Waals surface area contributed by atoms with Gasteiger partial charge in [-0.3, -0.25) is 19.1 Å². The third kappa shape index (κ3) is 3.47. The number of hydrogen-bond acceptors (Lipinski definition) is 6. The van der Waals surface area contributed by atoms with Gasteiger partial charge in [0.25, 0.3) is 5.56 Å². The lowest BCUT2D eigenvalue weighted by Crippen LogP contribution is -2.57. The molecule has 1 aromatic rings. The highest BCUT2D eigenvalue weighted by molar-refractivity contribution is 5.84. The number of H-pyrrole nitrogens is 1. The Morgan fingerprint density at radius 3 is 2.42 bits per heavy atom. The number of aromatic nitrogens is 2. The van der Waals surface area contributed by atoms with Gasteiger partial charge in [0.15, 0.2) is 6.23 Å². The van der Waals surface area contributed by atoms with E-state index in [9.17, 15) is 41.4 Å². The molecule has 4 atom stereocenters. The molecule has 0 saturated carbocycles. The summed E-state index contributed by atoms with van der Waals surface area (Å²) in [5, 5.41) is 20.3. The summed E-state index contributed by atoms with van der Waals surface area (Å²) in [5.41, 5.74) is -1.98. The number of ether oxygens (including phenoxy) is 1. The third-order valence-electron chi connectivity index (χ3n) is 3.61. The number of nitrogens with zero attached hydrogens (tertiary/aromatic N) is 1. The Hall–Kier alpha value is -2.32. The van der Waals surface area contributed by atoms with Gasteiger partial charge >= 0.3 is 23.7 Å². The van der Waals surface area contributed by atoms with Gasteiger partial charge in [0.05, 0.1) is 6.61 Å². The zero-order valence-electron chi connectivity index (χ0n) is 12.5. The first-order chi connectivity index (χ1) is 11.9. The van der Waals surface area contributed by atoms with Gasteiger partial charge in [-0.1, -0.05) is 0 Å². The van der Waals surface area contributed by atoms with Crippen LogP contribution in [0.1, 0.15) is 6.23 Å². The van der Waals surface area contributed by atoms with E-state index in [0.717, 1.165) is 12.3 Å². The highest BCUT2D eigenvalue weighted by Gasteiger charge is 2.64. The maximum atomic E-state index is 13.1. The number of carbonyl (C=O) groups excluding carboxylic acids is 1. The second-order valence-corrected chi connectivity index (χ2v) is 5.33. The van der Waals surface area contributed by atoms with E-state index in [4.69, 9.17) is 9.84 Å². The Balaban J connectivity index is 2.37. The van der Waals surface area contributed by atoms with Gasteiger partial charge in [-0.05, 0) is 0 Å². The molecule has 2 rings (SSSR count). The summed E-state index contributed by atoms with van der Waals surface area (Å²) in [6.07, 6.45) is -10.6. The second-order valence-electron chi connectivity index (χ2n) is 5.33. The van der Waals surface area contributed by atoms with Crippen molar-refractivity contribution in [3.8, 4) is 0 Å². The van der Waals surface area contributed by atoms with Crippen LogP contribution in [0.5, 0.6) is 0 Å². The van der Waals surface area contributed by atoms with E-state index >= 15 is 0 Å². The zero-order chi connectivity index (χ0) is 19.9. The summed E-state index contributed by atoms with van der Waals surface area (Å²) in [5.74, 6) is -8.55. The van der Waals surface area contributed by atoms with Gasteiger partial charge in [0.2, 0.25) is 0 Å². The number of aromatic amines is 1. The molecule has 2 heterocycles. The van der Waals surface area contributed by atoms with Crippen molar-refractivity contribution >= 4 is 5.91 Å². The van der Waals surface area contributed by atoms with Crippen molar-refractivity contribution in [2.75, 3.05) is 6.61 Å². The lowest BCUT2D eigenvalue weighted by atomic mass is 10.1. The van der Waals surface area contributed by atoms with Crippen LogP contribution >= 0.6 is 0 Å². The van der Waals surface area contributed by atoms with E-state index in [-0.39, 0.29) is 0 Å². The summed E-state index contributed by atoms with van der Waals surface area (Å²) in [6.45, 7) is -0.891. The minimum Gasteiger partial charge on any atom is -0.394 e. The second kappa shape index (κ2) is 6.77. The molecule has 1 fully saturated rings. The average Bonchev–Trinajstić information content (AvgIpc) is 2.82. The predicted octanol–water partition coefficient (Wildman–Crippen LogP) is -1.53. The standard InChI is InChI=1S/C12H12F5N3O6/c13-11(14,12(15,16)17)9(24)19-6-7(23)4(3-21)26-8(6)20-2-1-5(22)18-10(20)25/h1-2,4,6-8,21,23H,3H2,(H,19,24)(H,18,22,25)/t4-,6?,7+,8-/m1/s1. The predicted molar refractivity (Wildman–Crippen MR) is 71.3 cm³/mol. The van der Waals surface area contributed by atoms with Crippen LogP contribution in [0, 0.1) is 0 Å². The van der Waals surface area contributed by atoms with Gasteiger partial charge in [-0.25, -0.2) is 4.79 Å². The fourth-order valence-corrected chi connectivity index (χ4v) is 2.29. The van der Waals surface area contributed by atoms with Crippen LogP contribution in [0.15, 0.2) is 21.9 Å². The van der Waals surface area contributed by atoms with Crippen LogP contribution in [-0.4, -0.2) is 62.6 Å². The van der Waals surface area contributed by atoms with Crippen LogP contribution in [0.2, 0.25) is 0 Å². The Kier molecular flexibility index (Phi) is 5.21. The molecular formula is C12H12F5N3O6. The lowest BCUT2D eigenvalue weighted by Gasteiger charge is -2.26. The first-order valence-electron chi connectivity index (χ1n) is 6.91. The Labute approximate surface area is 140 Å². The Morgan fingerprint density at radius 2 is 1.92 bits per heavy atom. The Bertz CT molecular complexity index is 791. The van der Waals surface area contributed by atoms with Crippen LogP contribution in [-0.2, 0) is 9.53 Å². The normalized spacial score (nSPS) is 26.7. The first kappa shape index (κ1) is 20.0. The van der Waals surface area contributed by atoms with E-state index in [1.54, 1.807) is 4.98 Å². The molecule has 0 aliphatic carbocycles. The highest BCUT2D eigenvalue weighted by Crippen LogP contribution is 2.36. The smallest absolute Gasteiger partial charge is 0.394 e. The topological polar surface area (TPSA) is 134 Å². The molecule has 0 spiro atoms. The SMILES string of the molecule is O=C(NC1[C@@H](O)[C@@H](CO)O[C@H]1n1ccc(=O)[nH]c1=O)C(F)(F)C(F)(F)F. The molecule has 0 aromatic carbocycles. The fraction of sp³-hybridized carbons (Fsp3) is 0.583. The third-order valence-corrected chi connectivity index (χ3v) is 3.61. The molecule has 1 aliphatic rings. The zero-order valence-corrected chi connectivity index (χ0v) is 12.5. The molecule has 1 amide bonds. The molecular weight excluding hydrogens is 377 g/mol. The highest BCUT2D eigenvalue weighted by atomic mass is 19.4. The number of amides is 1. The van der Waals surface area contributed by atoms with Crippen molar-refractivity contribution in [1.82, 2.24) is 14.9 Å². The number of carbonyl (C=O) groups is 1. The van der Waals surface area contributed by atoms with Gasteiger partial charge in [-0.15, -0.1) is 0 Å². The average molecular weight is 389 g/mol. The first-order valence-corrected chi connectivity index (χ1v) is 6.91. The minimum absolute atomic E-state index is 0.553. The lowest BCUT2D eigenvalue weighted by molar-refractivity contribution is -0.270. The van der Waals surface area contributed by atoms with Crippen molar-refractivity contribution in [2.45, 2.75) is 36.6 Å². The van der Waals surface area contributed by atoms with E-state index in [1.807, 2.05) is 0 Å². The van der Waals surface area contributed by atoms with Crippen molar-refractivity contribution in [3.05, 3.63) is 33.1 Å². The molecule has 0 bridgehead atoms.